The maximum absolute atomic E-state index is 12.4. The highest BCUT2D eigenvalue weighted by Gasteiger charge is 2.32. The van der Waals surface area contributed by atoms with E-state index in [1.54, 1.807) is 18.2 Å². The number of aryl methyl sites for hydroxylation is 1. The van der Waals surface area contributed by atoms with Crippen LogP contribution in [0, 0.1) is 6.92 Å². The van der Waals surface area contributed by atoms with Crippen LogP contribution in [0.5, 0.6) is 0 Å². The Labute approximate surface area is 122 Å². The van der Waals surface area contributed by atoms with Crippen LogP contribution in [-0.4, -0.2) is 27.2 Å². The fourth-order valence-electron chi connectivity index (χ4n) is 2.09. The molecule has 1 aromatic rings. The van der Waals surface area contributed by atoms with Crippen molar-refractivity contribution in [2.45, 2.75) is 37.1 Å². The smallest absolute Gasteiger partial charge is 0.241 e. The predicted octanol–water partition coefficient (Wildman–Crippen LogP) is 2.60. The molecule has 1 heterocycles. The molecule has 2 rings (SSSR count). The fraction of sp³-hybridized carbons (Fsp3) is 0.538. The van der Waals surface area contributed by atoms with Crippen molar-refractivity contribution >= 4 is 26.0 Å². The SMILES string of the molecule is Cc1cc(S(=O)(=O)NC2(C)CCOCC2)ccc1Br. The summed E-state index contributed by atoms with van der Waals surface area (Å²) in [5.41, 5.74) is 0.484. The highest BCUT2D eigenvalue weighted by Crippen LogP contribution is 2.25. The van der Waals surface area contributed by atoms with Crippen LogP contribution in [0.3, 0.4) is 0 Å². The van der Waals surface area contributed by atoms with Gasteiger partial charge in [-0.05, 0) is 50.5 Å². The molecule has 1 aliphatic heterocycles. The Morgan fingerprint density at radius 1 is 1.32 bits per heavy atom. The van der Waals surface area contributed by atoms with Crippen molar-refractivity contribution in [3.63, 3.8) is 0 Å². The zero-order valence-electron chi connectivity index (χ0n) is 11.1. The first-order valence-corrected chi connectivity index (χ1v) is 8.48. The van der Waals surface area contributed by atoms with Crippen molar-refractivity contribution in [3.05, 3.63) is 28.2 Å². The number of benzene rings is 1. The summed E-state index contributed by atoms with van der Waals surface area (Å²) >= 11 is 3.37. The summed E-state index contributed by atoms with van der Waals surface area (Å²) in [4.78, 5) is 0.306. The molecule has 0 atom stereocenters. The van der Waals surface area contributed by atoms with E-state index >= 15 is 0 Å². The Bertz CT molecular complexity index is 565. The minimum atomic E-state index is -3.48. The third-order valence-electron chi connectivity index (χ3n) is 3.42. The van der Waals surface area contributed by atoms with Gasteiger partial charge in [-0.15, -0.1) is 0 Å². The number of hydrogen-bond donors (Lipinski definition) is 1. The lowest BCUT2D eigenvalue weighted by atomic mass is 9.94. The van der Waals surface area contributed by atoms with Crippen molar-refractivity contribution in [2.75, 3.05) is 13.2 Å². The van der Waals surface area contributed by atoms with Crippen LogP contribution in [-0.2, 0) is 14.8 Å². The second-order valence-corrected chi connectivity index (χ2v) is 7.73. The third kappa shape index (κ3) is 3.56. The molecule has 0 aromatic heterocycles. The zero-order chi connectivity index (χ0) is 14.1. The lowest BCUT2D eigenvalue weighted by molar-refractivity contribution is 0.0537. The van der Waals surface area contributed by atoms with Gasteiger partial charge in [-0.3, -0.25) is 0 Å². The standard InChI is InChI=1S/C13H18BrNO3S/c1-10-9-11(3-4-12(10)14)19(16,17)15-13(2)5-7-18-8-6-13/h3-4,9,15H,5-8H2,1-2H3. The van der Waals surface area contributed by atoms with E-state index in [0.29, 0.717) is 31.0 Å². The van der Waals surface area contributed by atoms with Gasteiger partial charge in [0.2, 0.25) is 10.0 Å². The van der Waals surface area contributed by atoms with Gasteiger partial charge >= 0.3 is 0 Å². The van der Waals surface area contributed by atoms with E-state index in [1.807, 2.05) is 13.8 Å². The summed E-state index contributed by atoms with van der Waals surface area (Å²) in [7, 11) is -3.48. The summed E-state index contributed by atoms with van der Waals surface area (Å²) in [6.45, 7) is 4.99. The molecular formula is C13H18BrNO3S. The molecule has 1 aromatic carbocycles. The number of ether oxygens (including phenoxy) is 1. The molecule has 1 fully saturated rings. The molecule has 19 heavy (non-hydrogen) atoms. The van der Waals surface area contributed by atoms with E-state index in [4.69, 9.17) is 4.74 Å². The summed E-state index contributed by atoms with van der Waals surface area (Å²) in [6.07, 6.45) is 1.39. The first kappa shape index (κ1) is 15.0. The molecule has 0 amide bonds. The minimum Gasteiger partial charge on any atom is -0.381 e. The second kappa shape index (κ2) is 5.52. The van der Waals surface area contributed by atoms with E-state index in [-0.39, 0.29) is 0 Å². The topological polar surface area (TPSA) is 55.4 Å². The quantitative estimate of drug-likeness (QED) is 0.914. The first-order chi connectivity index (χ1) is 8.82. The van der Waals surface area contributed by atoms with Gasteiger partial charge in [0.1, 0.15) is 0 Å². The van der Waals surface area contributed by atoms with E-state index in [9.17, 15) is 8.42 Å². The van der Waals surface area contributed by atoms with Crippen molar-refractivity contribution in [1.29, 1.82) is 0 Å². The largest absolute Gasteiger partial charge is 0.381 e. The summed E-state index contributed by atoms with van der Waals surface area (Å²) in [5.74, 6) is 0. The van der Waals surface area contributed by atoms with Crippen LogP contribution >= 0.6 is 15.9 Å². The third-order valence-corrected chi connectivity index (χ3v) is 5.94. The molecule has 0 unspecified atom stereocenters. The Kier molecular flexibility index (Phi) is 4.35. The van der Waals surface area contributed by atoms with Crippen LogP contribution in [0.2, 0.25) is 0 Å². The predicted molar refractivity (Wildman–Crippen MR) is 77.7 cm³/mol. The first-order valence-electron chi connectivity index (χ1n) is 6.20. The van der Waals surface area contributed by atoms with Crippen LogP contribution in [0.15, 0.2) is 27.6 Å². The van der Waals surface area contributed by atoms with E-state index in [2.05, 4.69) is 20.7 Å². The Morgan fingerprint density at radius 2 is 1.95 bits per heavy atom. The average molecular weight is 348 g/mol. The second-order valence-electron chi connectivity index (χ2n) is 5.19. The van der Waals surface area contributed by atoms with E-state index in [0.717, 1.165) is 10.0 Å². The molecular weight excluding hydrogens is 330 g/mol. The monoisotopic (exact) mass is 347 g/mol. The summed E-state index contributed by atoms with van der Waals surface area (Å²) in [6, 6.07) is 5.05. The van der Waals surface area contributed by atoms with Gasteiger partial charge in [-0.2, -0.15) is 0 Å². The number of nitrogens with one attached hydrogen (secondary N) is 1. The van der Waals surface area contributed by atoms with Crippen LogP contribution in [0.4, 0.5) is 0 Å². The lowest BCUT2D eigenvalue weighted by Crippen LogP contribution is -2.49. The van der Waals surface area contributed by atoms with Crippen LogP contribution in [0.1, 0.15) is 25.3 Å². The average Bonchev–Trinajstić information content (AvgIpc) is 2.32. The normalized spacial score (nSPS) is 19.3. The van der Waals surface area contributed by atoms with Crippen molar-refractivity contribution in [3.8, 4) is 0 Å². The number of rotatable bonds is 3. The molecule has 0 radical (unpaired) electrons. The minimum absolute atomic E-state index is 0.306. The molecule has 106 valence electrons. The van der Waals surface area contributed by atoms with Gasteiger partial charge in [0.05, 0.1) is 4.90 Å². The molecule has 6 heteroatoms. The van der Waals surface area contributed by atoms with Gasteiger partial charge in [0.15, 0.2) is 0 Å². The van der Waals surface area contributed by atoms with E-state index in [1.165, 1.54) is 0 Å². The Balaban J connectivity index is 2.24. The van der Waals surface area contributed by atoms with Gasteiger partial charge < -0.3 is 4.74 Å². The van der Waals surface area contributed by atoms with Crippen molar-refractivity contribution in [2.24, 2.45) is 0 Å². The lowest BCUT2D eigenvalue weighted by Gasteiger charge is -2.34. The maximum Gasteiger partial charge on any atom is 0.241 e. The van der Waals surface area contributed by atoms with Crippen LogP contribution < -0.4 is 4.72 Å². The van der Waals surface area contributed by atoms with Crippen LogP contribution in [0.25, 0.3) is 0 Å². The van der Waals surface area contributed by atoms with Gasteiger partial charge in [-0.1, -0.05) is 15.9 Å². The molecule has 4 nitrogen and oxygen atoms in total. The Hall–Kier alpha value is -0.430. The van der Waals surface area contributed by atoms with Gasteiger partial charge in [-0.25, -0.2) is 13.1 Å². The molecule has 0 bridgehead atoms. The molecule has 1 N–H and O–H groups in total. The van der Waals surface area contributed by atoms with Crippen molar-refractivity contribution in [1.82, 2.24) is 4.72 Å². The molecule has 0 saturated carbocycles. The van der Waals surface area contributed by atoms with Crippen molar-refractivity contribution < 1.29 is 13.2 Å². The van der Waals surface area contributed by atoms with Gasteiger partial charge in [0.25, 0.3) is 0 Å². The number of sulfonamides is 1. The summed E-state index contributed by atoms with van der Waals surface area (Å²) < 4.78 is 33.8. The zero-order valence-corrected chi connectivity index (χ0v) is 13.5. The maximum atomic E-state index is 12.4. The molecule has 1 aliphatic rings. The number of hydrogen-bond acceptors (Lipinski definition) is 3. The fourth-order valence-corrected chi connectivity index (χ4v) is 3.89. The molecule has 0 aliphatic carbocycles. The Morgan fingerprint density at radius 3 is 2.53 bits per heavy atom. The highest BCUT2D eigenvalue weighted by atomic mass is 79.9. The van der Waals surface area contributed by atoms with Gasteiger partial charge in [0, 0.05) is 23.2 Å². The molecule has 1 saturated heterocycles. The molecule has 0 spiro atoms. The number of halogens is 1. The summed E-state index contributed by atoms with van der Waals surface area (Å²) in [5, 5.41) is 0. The van der Waals surface area contributed by atoms with E-state index < -0.39 is 15.6 Å². The highest BCUT2D eigenvalue weighted by molar-refractivity contribution is 9.10.